The number of alkyl halides is 3. The minimum absolute atomic E-state index is 0.167. The second kappa shape index (κ2) is 3.93. The summed E-state index contributed by atoms with van der Waals surface area (Å²) in [6, 6.07) is 1.31. The summed E-state index contributed by atoms with van der Waals surface area (Å²) in [5.74, 6) is -2.16. The van der Waals surface area contributed by atoms with Crippen molar-refractivity contribution in [3.05, 3.63) is 29.6 Å². The van der Waals surface area contributed by atoms with Gasteiger partial charge in [0, 0.05) is 0 Å². The summed E-state index contributed by atoms with van der Waals surface area (Å²) in [4.78, 5) is 0. The van der Waals surface area contributed by atoms with Crippen molar-refractivity contribution >= 4 is 10.1 Å². The van der Waals surface area contributed by atoms with Gasteiger partial charge in [-0.1, -0.05) is 0 Å². The zero-order valence-electron chi connectivity index (χ0n) is 7.88. The van der Waals surface area contributed by atoms with Crippen molar-refractivity contribution in [1.29, 1.82) is 0 Å². The van der Waals surface area contributed by atoms with Gasteiger partial charge in [-0.2, -0.15) is 21.6 Å². The summed E-state index contributed by atoms with van der Waals surface area (Å²) in [6.45, 7) is 0. The SMILES string of the molecule is CS(=O)(=O)Oc1ccc(C(F)(F)F)cc1F. The van der Waals surface area contributed by atoms with Gasteiger partial charge in [0.15, 0.2) is 11.6 Å². The Morgan fingerprint density at radius 1 is 1.25 bits per heavy atom. The third kappa shape index (κ3) is 3.37. The van der Waals surface area contributed by atoms with Gasteiger partial charge in [-0.3, -0.25) is 0 Å². The van der Waals surface area contributed by atoms with Crippen LogP contribution in [0.25, 0.3) is 0 Å². The molecule has 8 heteroatoms. The lowest BCUT2D eigenvalue weighted by molar-refractivity contribution is -0.137. The van der Waals surface area contributed by atoms with Crippen LogP contribution in [0.1, 0.15) is 5.56 Å². The number of halogens is 4. The van der Waals surface area contributed by atoms with Crippen molar-refractivity contribution in [2.24, 2.45) is 0 Å². The second-order valence-electron chi connectivity index (χ2n) is 2.93. The third-order valence-corrected chi connectivity index (χ3v) is 1.98. The Morgan fingerprint density at radius 3 is 2.19 bits per heavy atom. The molecule has 0 heterocycles. The Morgan fingerprint density at radius 2 is 1.81 bits per heavy atom. The van der Waals surface area contributed by atoms with Crippen molar-refractivity contribution in [1.82, 2.24) is 0 Å². The van der Waals surface area contributed by atoms with E-state index in [9.17, 15) is 26.0 Å². The fourth-order valence-electron chi connectivity index (χ4n) is 0.908. The molecule has 0 aliphatic rings. The average molecular weight is 258 g/mol. The van der Waals surface area contributed by atoms with E-state index >= 15 is 0 Å². The lowest BCUT2D eigenvalue weighted by Gasteiger charge is -2.08. The Labute approximate surface area is 88.8 Å². The van der Waals surface area contributed by atoms with Gasteiger partial charge in [-0.25, -0.2) is 4.39 Å². The van der Waals surface area contributed by atoms with Crippen molar-refractivity contribution in [3.8, 4) is 5.75 Å². The zero-order chi connectivity index (χ0) is 12.6. The summed E-state index contributed by atoms with van der Waals surface area (Å²) < 4.78 is 74.7. The number of rotatable bonds is 2. The highest BCUT2D eigenvalue weighted by atomic mass is 32.2. The van der Waals surface area contributed by atoms with Crippen molar-refractivity contribution in [2.75, 3.05) is 6.26 Å². The van der Waals surface area contributed by atoms with Crippen LogP contribution in [-0.2, 0) is 16.3 Å². The van der Waals surface area contributed by atoms with Crippen LogP contribution in [0.5, 0.6) is 5.75 Å². The molecule has 0 bridgehead atoms. The molecule has 0 atom stereocenters. The molecule has 0 spiro atoms. The van der Waals surface area contributed by atoms with E-state index in [1.54, 1.807) is 0 Å². The molecule has 0 amide bonds. The molecular weight excluding hydrogens is 252 g/mol. The Balaban J connectivity index is 3.11. The highest BCUT2D eigenvalue weighted by Crippen LogP contribution is 2.32. The predicted octanol–water partition coefficient (Wildman–Crippen LogP) is 2.18. The molecule has 16 heavy (non-hydrogen) atoms. The Hall–Kier alpha value is -1.31. The van der Waals surface area contributed by atoms with Gasteiger partial charge in [0.1, 0.15) is 0 Å². The Kier molecular flexibility index (Phi) is 3.13. The van der Waals surface area contributed by atoms with Crippen LogP contribution in [0, 0.1) is 5.82 Å². The van der Waals surface area contributed by atoms with Gasteiger partial charge < -0.3 is 4.18 Å². The van der Waals surface area contributed by atoms with Gasteiger partial charge in [0.05, 0.1) is 11.8 Å². The van der Waals surface area contributed by atoms with Crippen molar-refractivity contribution in [3.63, 3.8) is 0 Å². The van der Waals surface area contributed by atoms with Crippen LogP contribution in [0.15, 0.2) is 18.2 Å². The van der Waals surface area contributed by atoms with Gasteiger partial charge in [-0.05, 0) is 18.2 Å². The molecule has 0 unspecified atom stereocenters. The van der Waals surface area contributed by atoms with Crippen molar-refractivity contribution < 1.29 is 30.2 Å². The van der Waals surface area contributed by atoms with Crippen LogP contribution in [0.3, 0.4) is 0 Å². The van der Waals surface area contributed by atoms with Crippen LogP contribution in [-0.4, -0.2) is 14.7 Å². The van der Waals surface area contributed by atoms with Gasteiger partial charge in [0.25, 0.3) is 0 Å². The maximum atomic E-state index is 13.0. The first-order valence-electron chi connectivity index (χ1n) is 3.86. The van der Waals surface area contributed by atoms with Crippen molar-refractivity contribution in [2.45, 2.75) is 6.18 Å². The lowest BCUT2D eigenvalue weighted by Crippen LogP contribution is -2.09. The van der Waals surface area contributed by atoms with E-state index in [4.69, 9.17) is 0 Å². The molecule has 1 aromatic rings. The summed E-state index contributed by atoms with van der Waals surface area (Å²) in [6.07, 6.45) is -4.03. The summed E-state index contributed by atoms with van der Waals surface area (Å²) in [7, 11) is -3.97. The maximum Gasteiger partial charge on any atom is 0.416 e. The molecule has 0 aromatic heterocycles. The number of hydrogen-bond donors (Lipinski definition) is 0. The number of hydrogen-bond acceptors (Lipinski definition) is 3. The molecule has 1 rings (SSSR count). The monoisotopic (exact) mass is 258 g/mol. The first-order chi connectivity index (χ1) is 7.09. The normalized spacial score (nSPS) is 12.6. The van der Waals surface area contributed by atoms with Crippen LogP contribution < -0.4 is 4.18 Å². The third-order valence-electron chi connectivity index (χ3n) is 1.50. The molecular formula is C8H6F4O3S. The molecule has 1 aromatic carbocycles. The molecule has 3 nitrogen and oxygen atoms in total. The second-order valence-corrected chi connectivity index (χ2v) is 4.51. The highest BCUT2D eigenvalue weighted by Gasteiger charge is 2.31. The van der Waals surface area contributed by atoms with Gasteiger partial charge >= 0.3 is 16.3 Å². The van der Waals surface area contributed by atoms with Crippen LogP contribution in [0.4, 0.5) is 17.6 Å². The topological polar surface area (TPSA) is 43.4 Å². The molecule has 0 aliphatic carbocycles. The highest BCUT2D eigenvalue weighted by molar-refractivity contribution is 7.86. The maximum absolute atomic E-state index is 13.0. The quantitative estimate of drug-likeness (QED) is 0.603. The van der Waals surface area contributed by atoms with E-state index in [1.165, 1.54) is 0 Å². The standard InChI is InChI=1S/C8H6F4O3S/c1-16(13,14)15-7-3-2-5(4-6(7)9)8(10,11)12/h2-4H,1H3. The van der Waals surface area contributed by atoms with E-state index in [0.29, 0.717) is 18.4 Å². The molecule has 0 radical (unpaired) electrons. The van der Waals surface area contributed by atoms with E-state index in [2.05, 4.69) is 4.18 Å². The summed E-state index contributed by atoms with van der Waals surface area (Å²) in [5, 5.41) is 0. The summed E-state index contributed by atoms with van der Waals surface area (Å²) >= 11 is 0. The smallest absolute Gasteiger partial charge is 0.379 e. The Bertz CT molecular complexity index is 492. The van der Waals surface area contributed by atoms with E-state index in [1.807, 2.05) is 0 Å². The minimum atomic E-state index is -4.69. The fraction of sp³-hybridized carbons (Fsp3) is 0.250. The first kappa shape index (κ1) is 12.8. The largest absolute Gasteiger partial charge is 0.416 e. The van der Waals surface area contributed by atoms with Crippen LogP contribution >= 0.6 is 0 Å². The molecule has 0 saturated heterocycles. The number of benzene rings is 1. The van der Waals surface area contributed by atoms with E-state index in [-0.39, 0.29) is 6.07 Å². The minimum Gasteiger partial charge on any atom is -0.379 e. The molecule has 90 valence electrons. The molecule has 0 aliphatic heterocycles. The molecule has 0 N–H and O–H groups in total. The fourth-order valence-corrected chi connectivity index (χ4v) is 1.37. The summed E-state index contributed by atoms with van der Waals surface area (Å²) in [5.41, 5.74) is -1.22. The molecule has 0 fully saturated rings. The van der Waals surface area contributed by atoms with E-state index in [0.717, 1.165) is 0 Å². The van der Waals surface area contributed by atoms with Gasteiger partial charge in [-0.15, -0.1) is 0 Å². The molecule has 0 saturated carbocycles. The van der Waals surface area contributed by atoms with Gasteiger partial charge in [0.2, 0.25) is 0 Å². The van der Waals surface area contributed by atoms with E-state index < -0.39 is 33.4 Å². The lowest BCUT2D eigenvalue weighted by atomic mass is 10.2. The van der Waals surface area contributed by atoms with Crippen LogP contribution in [0.2, 0.25) is 0 Å². The average Bonchev–Trinajstić information content (AvgIpc) is 2.04. The predicted molar refractivity (Wildman–Crippen MR) is 46.9 cm³/mol. The zero-order valence-corrected chi connectivity index (χ0v) is 8.69. The first-order valence-corrected chi connectivity index (χ1v) is 5.67.